The first kappa shape index (κ1) is 25.3. The van der Waals surface area contributed by atoms with Crippen LogP contribution in [0.3, 0.4) is 0 Å². The van der Waals surface area contributed by atoms with Crippen LogP contribution in [0.1, 0.15) is 37.3 Å². The summed E-state index contributed by atoms with van der Waals surface area (Å²) in [5, 5.41) is 30.5. The van der Waals surface area contributed by atoms with Gasteiger partial charge in [0.25, 0.3) is 0 Å². The zero-order valence-electron chi connectivity index (χ0n) is 17.0. The maximum Gasteiger partial charge on any atom is 0.154 e. The number of benzene rings is 2. The minimum atomic E-state index is -2.11. The van der Waals surface area contributed by atoms with Crippen LogP contribution < -0.4 is 22.1 Å². The molecule has 0 aromatic heterocycles. The lowest BCUT2D eigenvalue weighted by Gasteiger charge is -2.40. The van der Waals surface area contributed by atoms with Crippen molar-refractivity contribution < 1.29 is 41.6 Å². The van der Waals surface area contributed by atoms with Gasteiger partial charge in [0.1, 0.15) is 6.54 Å². The number of piperidine rings is 1. The molecule has 1 fully saturated rings. The number of aliphatic carboxylic acids is 1. The van der Waals surface area contributed by atoms with Crippen LogP contribution in [0, 0.1) is 0 Å². The summed E-state index contributed by atoms with van der Waals surface area (Å²) in [6.45, 7) is 7.33. The molecule has 160 valence electrons. The molecule has 0 unspecified atom stereocenters. The molecule has 2 aromatic rings. The second kappa shape index (κ2) is 12.1. The van der Waals surface area contributed by atoms with Gasteiger partial charge in [0.2, 0.25) is 0 Å². The van der Waals surface area contributed by atoms with Crippen LogP contribution in [0.5, 0.6) is 0 Å². The first-order chi connectivity index (χ1) is 13.5. The molecule has 0 spiro atoms. The van der Waals surface area contributed by atoms with E-state index < -0.39 is 11.6 Å². The van der Waals surface area contributed by atoms with Gasteiger partial charge >= 0.3 is 0 Å². The molecule has 0 amide bonds. The Hall–Kier alpha value is -1.73. The Morgan fingerprint density at radius 2 is 1.41 bits per heavy atom. The number of carboxylic acid groups (broad SMARTS) is 1. The van der Waals surface area contributed by atoms with Crippen molar-refractivity contribution in [1.82, 2.24) is 0 Å². The SMILES string of the molecule is CC[N+]1(CCO)CCCCC1.O=C([O-])C(O)(c1ccccc1)c1ccccc1.[Br-]. The molecule has 1 aliphatic heterocycles. The van der Waals surface area contributed by atoms with E-state index in [4.69, 9.17) is 5.11 Å². The highest BCUT2D eigenvalue weighted by Crippen LogP contribution is 2.28. The van der Waals surface area contributed by atoms with Crippen molar-refractivity contribution in [1.29, 1.82) is 0 Å². The van der Waals surface area contributed by atoms with Gasteiger partial charge in [-0.3, -0.25) is 0 Å². The molecule has 1 saturated heterocycles. The molecule has 6 heteroatoms. The topological polar surface area (TPSA) is 80.6 Å². The fourth-order valence-corrected chi connectivity index (χ4v) is 3.85. The molecule has 0 bridgehead atoms. The van der Waals surface area contributed by atoms with Gasteiger partial charge in [-0.2, -0.15) is 0 Å². The Kier molecular flexibility index (Phi) is 10.5. The maximum atomic E-state index is 11.3. The third kappa shape index (κ3) is 6.37. The number of hydrogen-bond donors (Lipinski definition) is 2. The van der Waals surface area contributed by atoms with Gasteiger partial charge in [0, 0.05) is 0 Å². The lowest BCUT2D eigenvalue weighted by atomic mass is 9.86. The normalized spacial score (nSPS) is 15.4. The highest BCUT2D eigenvalue weighted by molar-refractivity contribution is 5.81. The third-order valence-electron chi connectivity index (χ3n) is 5.69. The Bertz CT molecular complexity index is 673. The highest BCUT2D eigenvalue weighted by atomic mass is 79.9. The van der Waals surface area contributed by atoms with Crippen molar-refractivity contribution in [2.75, 3.05) is 32.8 Å². The number of halogens is 1. The molecule has 0 saturated carbocycles. The van der Waals surface area contributed by atoms with Crippen LogP contribution in [0.25, 0.3) is 0 Å². The van der Waals surface area contributed by atoms with Crippen LogP contribution in [0.4, 0.5) is 0 Å². The standard InChI is InChI=1S/C14H12O3.C9H20NO.BrH/c15-13(16)14(17,11-7-3-1-4-8-11)12-9-5-2-6-10-12;1-2-10(8-9-11)6-4-3-5-7-10;/h1-10,17H,(H,15,16);11H,2-9H2,1H3;1H/q;+1;/p-2. The molecule has 5 nitrogen and oxygen atoms in total. The quantitative estimate of drug-likeness (QED) is 0.519. The number of likely N-dealkylation sites (N-methyl/N-ethyl adjacent to an activating group) is 1. The second-order valence-corrected chi connectivity index (χ2v) is 7.34. The molecule has 3 rings (SSSR count). The minimum Gasteiger partial charge on any atom is -1.00 e. The van der Waals surface area contributed by atoms with Gasteiger partial charge in [0.15, 0.2) is 5.60 Å². The lowest BCUT2D eigenvalue weighted by molar-refractivity contribution is -0.931. The summed E-state index contributed by atoms with van der Waals surface area (Å²) < 4.78 is 1.16. The number of nitrogens with zero attached hydrogens (tertiary/aromatic N) is 1. The number of likely N-dealkylation sites (tertiary alicyclic amines) is 1. The molecule has 29 heavy (non-hydrogen) atoms. The molecule has 1 heterocycles. The van der Waals surface area contributed by atoms with Crippen molar-refractivity contribution >= 4 is 5.97 Å². The monoisotopic (exact) mass is 464 g/mol. The van der Waals surface area contributed by atoms with E-state index in [1.165, 1.54) is 38.9 Å². The van der Waals surface area contributed by atoms with Gasteiger partial charge < -0.3 is 41.6 Å². The Morgan fingerprint density at radius 1 is 0.966 bits per heavy atom. The average molecular weight is 465 g/mol. The summed E-state index contributed by atoms with van der Waals surface area (Å²) in [6.07, 6.45) is 4.10. The molecule has 0 radical (unpaired) electrons. The van der Waals surface area contributed by atoms with E-state index in [9.17, 15) is 15.0 Å². The number of rotatable bonds is 6. The van der Waals surface area contributed by atoms with Crippen molar-refractivity contribution in [3.05, 3.63) is 71.8 Å². The maximum absolute atomic E-state index is 11.3. The lowest BCUT2D eigenvalue weighted by Crippen LogP contribution is -3.00. The van der Waals surface area contributed by atoms with Gasteiger partial charge in [-0.25, -0.2) is 0 Å². The Labute approximate surface area is 184 Å². The van der Waals surface area contributed by atoms with Crippen LogP contribution in [-0.4, -0.2) is 53.5 Å². The van der Waals surface area contributed by atoms with Gasteiger partial charge in [0.05, 0.1) is 32.2 Å². The van der Waals surface area contributed by atoms with Gasteiger partial charge in [-0.05, 0) is 37.3 Å². The van der Waals surface area contributed by atoms with E-state index in [1.54, 1.807) is 60.7 Å². The van der Waals surface area contributed by atoms with Gasteiger partial charge in [-0.1, -0.05) is 60.7 Å². The summed E-state index contributed by atoms with van der Waals surface area (Å²) >= 11 is 0. The van der Waals surface area contributed by atoms with Crippen molar-refractivity contribution in [2.45, 2.75) is 31.8 Å². The van der Waals surface area contributed by atoms with E-state index in [1.807, 2.05) is 0 Å². The van der Waals surface area contributed by atoms with E-state index in [2.05, 4.69) is 6.92 Å². The van der Waals surface area contributed by atoms with Crippen LogP contribution >= 0.6 is 0 Å². The van der Waals surface area contributed by atoms with Crippen molar-refractivity contribution in [3.8, 4) is 0 Å². The summed E-state index contributed by atoms with van der Waals surface area (Å²) in [4.78, 5) is 11.3. The number of carboxylic acids is 1. The van der Waals surface area contributed by atoms with E-state index in [-0.39, 0.29) is 28.1 Å². The number of quaternary nitrogens is 1. The third-order valence-corrected chi connectivity index (χ3v) is 5.69. The number of carbonyl (C=O) groups excluding carboxylic acids is 1. The number of aliphatic hydroxyl groups is 2. The first-order valence-corrected chi connectivity index (χ1v) is 9.99. The molecule has 2 aromatic carbocycles. The molecule has 1 aliphatic rings. The zero-order chi connectivity index (χ0) is 20.5. The fourth-order valence-electron chi connectivity index (χ4n) is 3.85. The highest BCUT2D eigenvalue weighted by Gasteiger charge is 2.32. The van der Waals surface area contributed by atoms with E-state index in [0.717, 1.165) is 11.0 Å². The van der Waals surface area contributed by atoms with E-state index >= 15 is 0 Å². The summed E-state index contributed by atoms with van der Waals surface area (Å²) in [6, 6.07) is 16.4. The zero-order valence-corrected chi connectivity index (χ0v) is 18.6. The summed E-state index contributed by atoms with van der Waals surface area (Å²) in [5.41, 5.74) is -1.54. The van der Waals surface area contributed by atoms with Crippen molar-refractivity contribution in [2.24, 2.45) is 0 Å². The summed E-state index contributed by atoms with van der Waals surface area (Å²) in [7, 11) is 0. The first-order valence-electron chi connectivity index (χ1n) is 9.99. The molecular weight excluding hydrogens is 434 g/mol. The fraction of sp³-hybridized carbons (Fsp3) is 0.435. The van der Waals surface area contributed by atoms with Gasteiger partial charge in [-0.15, -0.1) is 0 Å². The molecule has 0 aliphatic carbocycles. The van der Waals surface area contributed by atoms with Crippen LogP contribution in [0.15, 0.2) is 60.7 Å². The number of hydrogen-bond acceptors (Lipinski definition) is 4. The minimum absolute atomic E-state index is 0. The van der Waals surface area contributed by atoms with E-state index in [0.29, 0.717) is 6.61 Å². The summed E-state index contributed by atoms with van der Waals surface area (Å²) in [5.74, 6) is -1.53. The molecular formula is C23H31BrNO4-. The molecule has 0 atom stereocenters. The molecule has 2 N–H and O–H groups in total. The average Bonchev–Trinajstić information content (AvgIpc) is 2.75. The second-order valence-electron chi connectivity index (χ2n) is 7.34. The smallest absolute Gasteiger partial charge is 0.154 e. The Morgan fingerprint density at radius 3 is 1.76 bits per heavy atom. The van der Waals surface area contributed by atoms with Crippen LogP contribution in [0.2, 0.25) is 0 Å². The van der Waals surface area contributed by atoms with Crippen LogP contribution in [-0.2, 0) is 10.4 Å². The largest absolute Gasteiger partial charge is 1.00 e. The Balaban J connectivity index is 0.000000306. The predicted molar refractivity (Wildman–Crippen MR) is 107 cm³/mol. The number of aliphatic hydroxyl groups excluding tert-OH is 1. The number of carbonyl (C=O) groups is 1. The van der Waals surface area contributed by atoms with Crippen molar-refractivity contribution in [3.63, 3.8) is 0 Å². The predicted octanol–water partition coefficient (Wildman–Crippen LogP) is -1.32.